The zero-order valence-electron chi connectivity index (χ0n) is 8.46. The van der Waals surface area contributed by atoms with Gasteiger partial charge in [0.25, 0.3) is 0 Å². The molecule has 4 heteroatoms. The van der Waals surface area contributed by atoms with Crippen LogP contribution in [0.5, 0.6) is 0 Å². The largest absolute Gasteiger partial charge is 0.346 e. The first kappa shape index (κ1) is 8.99. The van der Waals surface area contributed by atoms with E-state index in [1.807, 2.05) is 20.0 Å². The highest BCUT2D eigenvalue weighted by Gasteiger charge is 2.01. The molecular formula is C10H14N4. The number of imidazole rings is 1. The molecule has 0 aliphatic heterocycles. The van der Waals surface area contributed by atoms with Gasteiger partial charge in [-0.1, -0.05) is 0 Å². The van der Waals surface area contributed by atoms with E-state index in [1.54, 1.807) is 0 Å². The van der Waals surface area contributed by atoms with Gasteiger partial charge in [-0.25, -0.2) is 4.98 Å². The molecule has 0 aliphatic rings. The molecule has 2 N–H and O–H groups in total. The van der Waals surface area contributed by atoms with E-state index in [9.17, 15) is 0 Å². The van der Waals surface area contributed by atoms with Gasteiger partial charge >= 0.3 is 0 Å². The first-order valence-corrected chi connectivity index (χ1v) is 4.75. The number of H-pyrrole nitrogens is 2. The predicted molar refractivity (Wildman–Crippen MR) is 54.1 cm³/mol. The fraction of sp³-hybridized carbons (Fsp3) is 0.400. The molecule has 0 radical (unpaired) electrons. The normalized spacial score (nSPS) is 10.7. The average molecular weight is 190 g/mol. The molecule has 0 saturated heterocycles. The highest BCUT2D eigenvalue weighted by Crippen LogP contribution is 2.03. The second-order valence-electron chi connectivity index (χ2n) is 3.56. The van der Waals surface area contributed by atoms with Crippen molar-refractivity contribution in [3.05, 3.63) is 35.2 Å². The van der Waals surface area contributed by atoms with Crippen molar-refractivity contribution >= 4 is 0 Å². The zero-order chi connectivity index (χ0) is 9.97. The number of hydrogen-bond acceptors (Lipinski definition) is 2. The van der Waals surface area contributed by atoms with Gasteiger partial charge in [-0.05, 0) is 26.3 Å². The van der Waals surface area contributed by atoms with Crippen molar-refractivity contribution in [1.82, 2.24) is 20.2 Å². The van der Waals surface area contributed by atoms with E-state index in [-0.39, 0.29) is 0 Å². The van der Waals surface area contributed by atoms with E-state index in [0.717, 1.165) is 35.7 Å². The van der Waals surface area contributed by atoms with E-state index in [2.05, 4.69) is 26.2 Å². The topological polar surface area (TPSA) is 57.4 Å². The lowest BCUT2D eigenvalue weighted by Crippen LogP contribution is -1.93. The maximum absolute atomic E-state index is 4.24. The quantitative estimate of drug-likeness (QED) is 0.771. The van der Waals surface area contributed by atoms with Crippen molar-refractivity contribution in [1.29, 1.82) is 0 Å². The van der Waals surface area contributed by atoms with Gasteiger partial charge in [0, 0.05) is 24.0 Å². The summed E-state index contributed by atoms with van der Waals surface area (Å²) in [5.41, 5.74) is 3.31. The van der Waals surface area contributed by atoms with E-state index >= 15 is 0 Å². The van der Waals surface area contributed by atoms with E-state index in [0.29, 0.717) is 0 Å². The van der Waals surface area contributed by atoms with Crippen molar-refractivity contribution < 1.29 is 0 Å². The minimum Gasteiger partial charge on any atom is -0.346 e. The third-order valence-corrected chi connectivity index (χ3v) is 2.13. The van der Waals surface area contributed by atoms with Crippen LogP contribution < -0.4 is 0 Å². The number of nitrogens with one attached hydrogen (secondary N) is 2. The first-order valence-electron chi connectivity index (χ1n) is 4.75. The maximum Gasteiger partial charge on any atom is 0.106 e. The second-order valence-corrected chi connectivity index (χ2v) is 3.56. The van der Waals surface area contributed by atoms with Gasteiger partial charge in [0.15, 0.2) is 0 Å². The Kier molecular flexibility index (Phi) is 2.35. The molecule has 14 heavy (non-hydrogen) atoms. The zero-order valence-corrected chi connectivity index (χ0v) is 8.46. The van der Waals surface area contributed by atoms with Crippen molar-refractivity contribution in [3.8, 4) is 0 Å². The highest BCUT2D eigenvalue weighted by molar-refractivity contribution is 5.08. The first-order chi connectivity index (χ1) is 6.74. The molecule has 0 aliphatic carbocycles. The molecule has 2 aromatic rings. The van der Waals surface area contributed by atoms with Crippen LogP contribution in [-0.2, 0) is 12.8 Å². The van der Waals surface area contributed by atoms with Crippen LogP contribution in [0.15, 0.2) is 12.3 Å². The minimum atomic E-state index is 0.915. The van der Waals surface area contributed by atoms with Crippen LogP contribution in [0.3, 0.4) is 0 Å². The molecule has 0 fully saturated rings. The lowest BCUT2D eigenvalue weighted by atomic mass is 10.2. The van der Waals surface area contributed by atoms with Crippen LogP contribution in [-0.4, -0.2) is 20.2 Å². The molecule has 0 amide bonds. The molecule has 0 spiro atoms. The summed E-state index contributed by atoms with van der Waals surface area (Å²) in [5.74, 6) is 1.03. The van der Waals surface area contributed by atoms with Gasteiger partial charge < -0.3 is 4.98 Å². The molecule has 0 bridgehead atoms. The maximum atomic E-state index is 4.24. The lowest BCUT2D eigenvalue weighted by Gasteiger charge is -1.92. The standard InChI is InChI=1S/C10H14N4/c1-7-5-9(14-13-7)3-4-10-11-6-8(2)12-10/h5-6H,3-4H2,1-2H3,(H,11,12)(H,13,14). The molecule has 4 nitrogen and oxygen atoms in total. The Hall–Kier alpha value is -1.58. The molecule has 2 rings (SSSR count). The van der Waals surface area contributed by atoms with E-state index < -0.39 is 0 Å². The van der Waals surface area contributed by atoms with Gasteiger partial charge in [0.2, 0.25) is 0 Å². The Morgan fingerprint density at radius 2 is 2.07 bits per heavy atom. The van der Waals surface area contributed by atoms with E-state index in [4.69, 9.17) is 0 Å². The highest BCUT2D eigenvalue weighted by atomic mass is 15.1. The Morgan fingerprint density at radius 3 is 2.64 bits per heavy atom. The van der Waals surface area contributed by atoms with Crippen LogP contribution in [0, 0.1) is 13.8 Å². The average Bonchev–Trinajstić information content (AvgIpc) is 2.72. The summed E-state index contributed by atoms with van der Waals surface area (Å²) in [6.45, 7) is 4.02. The molecule has 0 atom stereocenters. The fourth-order valence-electron chi connectivity index (χ4n) is 1.44. The summed E-state index contributed by atoms with van der Waals surface area (Å²) in [7, 11) is 0. The van der Waals surface area contributed by atoms with Crippen molar-refractivity contribution in [2.24, 2.45) is 0 Å². The summed E-state index contributed by atoms with van der Waals surface area (Å²) >= 11 is 0. The molecular weight excluding hydrogens is 176 g/mol. The Balaban J connectivity index is 1.94. The predicted octanol–water partition coefficient (Wildman–Crippen LogP) is 1.53. The third kappa shape index (κ3) is 2.02. The number of rotatable bonds is 3. The Labute approximate surface area is 82.8 Å². The van der Waals surface area contributed by atoms with Crippen LogP contribution in [0.1, 0.15) is 22.9 Å². The van der Waals surface area contributed by atoms with Crippen LogP contribution in [0.2, 0.25) is 0 Å². The number of hydrogen-bond donors (Lipinski definition) is 2. The van der Waals surface area contributed by atoms with Gasteiger partial charge in [-0.3, -0.25) is 5.10 Å². The summed E-state index contributed by atoms with van der Waals surface area (Å²) in [6, 6.07) is 2.07. The number of nitrogens with zero attached hydrogens (tertiary/aromatic N) is 2. The molecule has 0 saturated carbocycles. The molecule has 2 heterocycles. The van der Waals surface area contributed by atoms with Gasteiger partial charge in [0.1, 0.15) is 5.82 Å². The van der Waals surface area contributed by atoms with Crippen LogP contribution in [0.4, 0.5) is 0 Å². The summed E-state index contributed by atoms with van der Waals surface area (Å²) in [6.07, 6.45) is 3.69. The van der Waals surface area contributed by atoms with Crippen LogP contribution >= 0.6 is 0 Å². The Bertz CT molecular complexity index is 373. The number of aromatic amines is 2. The molecule has 2 aromatic heterocycles. The summed E-state index contributed by atoms with van der Waals surface area (Å²) in [5, 5.41) is 7.10. The summed E-state index contributed by atoms with van der Waals surface area (Å²) < 4.78 is 0. The fourth-order valence-corrected chi connectivity index (χ4v) is 1.44. The summed E-state index contributed by atoms with van der Waals surface area (Å²) in [4.78, 5) is 7.45. The van der Waals surface area contributed by atoms with E-state index in [1.165, 1.54) is 0 Å². The van der Waals surface area contributed by atoms with Crippen molar-refractivity contribution in [2.45, 2.75) is 26.7 Å². The smallest absolute Gasteiger partial charge is 0.106 e. The third-order valence-electron chi connectivity index (χ3n) is 2.13. The van der Waals surface area contributed by atoms with Crippen molar-refractivity contribution in [3.63, 3.8) is 0 Å². The SMILES string of the molecule is Cc1cc(CCc2ncc(C)[nH]2)n[nH]1. The van der Waals surface area contributed by atoms with Crippen LogP contribution in [0.25, 0.3) is 0 Å². The molecule has 0 aromatic carbocycles. The van der Waals surface area contributed by atoms with Gasteiger partial charge in [-0.2, -0.15) is 5.10 Å². The number of aryl methyl sites for hydroxylation is 4. The minimum absolute atomic E-state index is 0.915. The lowest BCUT2D eigenvalue weighted by molar-refractivity contribution is 0.843. The molecule has 0 unspecified atom stereocenters. The van der Waals surface area contributed by atoms with Gasteiger partial charge in [0.05, 0.1) is 5.69 Å². The molecule has 74 valence electrons. The number of aromatic nitrogens is 4. The van der Waals surface area contributed by atoms with Crippen molar-refractivity contribution in [2.75, 3.05) is 0 Å². The Morgan fingerprint density at radius 1 is 1.21 bits per heavy atom. The van der Waals surface area contributed by atoms with Gasteiger partial charge in [-0.15, -0.1) is 0 Å². The second kappa shape index (κ2) is 3.65. The monoisotopic (exact) mass is 190 g/mol.